The Morgan fingerprint density at radius 2 is 0.733 bits per heavy atom. The van der Waals surface area contributed by atoms with Crippen LogP contribution in [0.25, 0.3) is 0 Å². The third-order valence-electron chi connectivity index (χ3n) is 6.36. The van der Waals surface area contributed by atoms with Crippen LogP contribution >= 0.6 is 0 Å². The zero-order valence-corrected chi connectivity index (χ0v) is 21.1. The lowest BCUT2D eigenvalue weighted by molar-refractivity contribution is -0.121. The number of nitrogens with one attached hydrogen (secondary N) is 1. The SMILES string of the molecule is CCCCCCCCCCCCCCCCCCCC(=O)NCCCCCCCC. The highest BCUT2D eigenvalue weighted by molar-refractivity contribution is 5.75. The first-order valence-electron chi connectivity index (χ1n) is 14.1. The molecule has 0 aromatic carbocycles. The lowest BCUT2D eigenvalue weighted by atomic mass is 10.0. The van der Waals surface area contributed by atoms with Crippen LogP contribution in [0, 0.1) is 0 Å². The Hall–Kier alpha value is -0.530. The van der Waals surface area contributed by atoms with Crippen LogP contribution in [0.3, 0.4) is 0 Å². The fraction of sp³-hybridized carbons (Fsp3) is 0.964. The third-order valence-corrected chi connectivity index (χ3v) is 6.36. The second kappa shape index (κ2) is 26.5. The van der Waals surface area contributed by atoms with Crippen molar-refractivity contribution in [3.8, 4) is 0 Å². The van der Waals surface area contributed by atoms with Crippen molar-refractivity contribution < 1.29 is 4.79 Å². The highest BCUT2D eigenvalue weighted by atomic mass is 16.1. The molecule has 0 aliphatic carbocycles. The summed E-state index contributed by atoms with van der Waals surface area (Å²) < 4.78 is 0. The molecule has 0 fully saturated rings. The van der Waals surface area contributed by atoms with Gasteiger partial charge in [0.15, 0.2) is 0 Å². The van der Waals surface area contributed by atoms with E-state index in [1.54, 1.807) is 0 Å². The predicted octanol–water partition coefficient (Wildman–Crippen LogP) is 9.50. The number of carbonyl (C=O) groups excluding carboxylic acids is 1. The van der Waals surface area contributed by atoms with Gasteiger partial charge in [0.1, 0.15) is 0 Å². The second-order valence-electron chi connectivity index (χ2n) is 9.52. The molecular formula is C28H57NO. The van der Waals surface area contributed by atoms with Crippen molar-refractivity contribution in [2.24, 2.45) is 0 Å². The van der Waals surface area contributed by atoms with E-state index in [1.807, 2.05) is 0 Å². The molecule has 0 bridgehead atoms. The first-order chi connectivity index (χ1) is 14.8. The summed E-state index contributed by atoms with van der Waals surface area (Å²) in [5.74, 6) is 0.268. The zero-order valence-electron chi connectivity index (χ0n) is 21.1. The molecule has 0 unspecified atom stereocenters. The van der Waals surface area contributed by atoms with Crippen molar-refractivity contribution in [1.82, 2.24) is 5.32 Å². The number of carbonyl (C=O) groups is 1. The molecule has 0 aliphatic heterocycles. The molecule has 2 heteroatoms. The molecular weight excluding hydrogens is 366 g/mol. The maximum Gasteiger partial charge on any atom is 0.219 e. The number of rotatable bonds is 25. The molecule has 0 spiro atoms. The molecule has 30 heavy (non-hydrogen) atoms. The Morgan fingerprint density at radius 3 is 1.10 bits per heavy atom. The molecule has 2 nitrogen and oxygen atoms in total. The second-order valence-corrected chi connectivity index (χ2v) is 9.52. The van der Waals surface area contributed by atoms with Crippen LogP contribution in [0.2, 0.25) is 0 Å². The van der Waals surface area contributed by atoms with Gasteiger partial charge in [-0.2, -0.15) is 0 Å². The van der Waals surface area contributed by atoms with Gasteiger partial charge in [0.05, 0.1) is 0 Å². The number of hydrogen-bond acceptors (Lipinski definition) is 1. The third kappa shape index (κ3) is 25.5. The van der Waals surface area contributed by atoms with Gasteiger partial charge < -0.3 is 5.32 Å². The minimum absolute atomic E-state index is 0.268. The van der Waals surface area contributed by atoms with Gasteiger partial charge in [-0.15, -0.1) is 0 Å². The molecule has 0 heterocycles. The van der Waals surface area contributed by atoms with Gasteiger partial charge in [0, 0.05) is 13.0 Å². The molecule has 0 aromatic rings. The summed E-state index contributed by atoms with van der Waals surface area (Å²) in [5, 5.41) is 3.09. The predicted molar refractivity (Wildman–Crippen MR) is 135 cm³/mol. The first kappa shape index (κ1) is 29.5. The van der Waals surface area contributed by atoms with Gasteiger partial charge in [-0.3, -0.25) is 4.79 Å². The maximum atomic E-state index is 11.8. The molecule has 1 N–H and O–H groups in total. The number of amides is 1. The highest BCUT2D eigenvalue weighted by Crippen LogP contribution is 2.14. The first-order valence-corrected chi connectivity index (χ1v) is 14.1. The Balaban J connectivity index is 3.11. The van der Waals surface area contributed by atoms with E-state index in [9.17, 15) is 4.79 Å². The Morgan fingerprint density at radius 1 is 0.433 bits per heavy atom. The summed E-state index contributed by atoms with van der Waals surface area (Å²) in [7, 11) is 0. The van der Waals surface area contributed by atoms with Gasteiger partial charge in [0.2, 0.25) is 5.91 Å². The monoisotopic (exact) mass is 423 g/mol. The van der Waals surface area contributed by atoms with Gasteiger partial charge in [0.25, 0.3) is 0 Å². The van der Waals surface area contributed by atoms with E-state index in [4.69, 9.17) is 0 Å². The minimum Gasteiger partial charge on any atom is -0.356 e. The summed E-state index contributed by atoms with van der Waals surface area (Å²) in [6.45, 7) is 5.42. The topological polar surface area (TPSA) is 29.1 Å². The fourth-order valence-corrected chi connectivity index (χ4v) is 4.23. The Bertz CT molecular complexity index is 329. The van der Waals surface area contributed by atoms with Crippen LogP contribution in [0.5, 0.6) is 0 Å². The standard InChI is InChI=1S/C28H57NO/c1-3-5-7-9-11-12-13-14-15-16-17-18-19-20-21-22-24-26-28(30)29-27-25-23-10-8-6-4-2/h3-27H2,1-2H3,(H,29,30). The molecule has 0 aromatic heterocycles. The minimum atomic E-state index is 0.268. The van der Waals surface area contributed by atoms with Crippen LogP contribution in [0.4, 0.5) is 0 Å². The summed E-state index contributed by atoms with van der Waals surface area (Å²) >= 11 is 0. The molecule has 0 aliphatic rings. The average Bonchev–Trinajstić information content (AvgIpc) is 2.75. The molecule has 0 saturated carbocycles. The molecule has 1 amide bonds. The molecule has 0 rings (SSSR count). The quantitative estimate of drug-likeness (QED) is 0.145. The van der Waals surface area contributed by atoms with Crippen molar-refractivity contribution >= 4 is 5.91 Å². The van der Waals surface area contributed by atoms with Gasteiger partial charge >= 0.3 is 0 Å². The van der Waals surface area contributed by atoms with Crippen LogP contribution in [0.1, 0.15) is 168 Å². The zero-order chi connectivity index (χ0) is 22.0. The van der Waals surface area contributed by atoms with Crippen LogP contribution in [-0.4, -0.2) is 12.5 Å². The highest BCUT2D eigenvalue weighted by Gasteiger charge is 2.00. The van der Waals surface area contributed by atoms with Crippen LogP contribution in [-0.2, 0) is 4.79 Å². The Labute approximate surface area is 190 Å². The lowest BCUT2D eigenvalue weighted by Crippen LogP contribution is -2.23. The number of hydrogen-bond donors (Lipinski definition) is 1. The van der Waals surface area contributed by atoms with E-state index in [1.165, 1.54) is 135 Å². The van der Waals surface area contributed by atoms with Crippen molar-refractivity contribution in [3.63, 3.8) is 0 Å². The maximum absolute atomic E-state index is 11.8. The van der Waals surface area contributed by atoms with E-state index in [0.717, 1.165) is 25.8 Å². The van der Waals surface area contributed by atoms with Crippen molar-refractivity contribution in [3.05, 3.63) is 0 Å². The van der Waals surface area contributed by atoms with Crippen molar-refractivity contribution in [1.29, 1.82) is 0 Å². The van der Waals surface area contributed by atoms with Crippen molar-refractivity contribution in [2.75, 3.05) is 6.54 Å². The summed E-state index contributed by atoms with van der Waals surface area (Å²) in [6, 6.07) is 0. The van der Waals surface area contributed by atoms with E-state index in [-0.39, 0.29) is 5.91 Å². The molecule has 0 atom stereocenters. The van der Waals surface area contributed by atoms with E-state index in [2.05, 4.69) is 19.2 Å². The van der Waals surface area contributed by atoms with Gasteiger partial charge in [-0.05, 0) is 12.8 Å². The smallest absolute Gasteiger partial charge is 0.219 e. The van der Waals surface area contributed by atoms with Crippen LogP contribution in [0.15, 0.2) is 0 Å². The largest absolute Gasteiger partial charge is 0.356 e. The molecule has 180 valence electrons. The normalized spacial score (nSPS) is 11.1. The molecule has 0 radical (unpaired) electrons. The van der Waals surface area contributed by atoms with Gasteiger partial charge in [-0.25, -0.2) is 0 Å². The van der Waals surface area contributed by atoms with Crippen molar-refractivity contribution in [2.45, 2.75) is 168 Å². The van der Waals surface area contributed by atoms with Crippen LogP contribution < -0.4 is 5.32 Å². The Kier molecular flexibility index (Phi) is 26.0. The lowest BCUT2D eigenvalue weighted by Gasteiger charge is -2.06. The molecule has 0 saturated heterocycles. The van der Waals surface area contributed by atoms with E-state index in [0.29, 0.717) is 0 Å². The fourth-order valence-electron chi connectivity index (χ4n) is 4.23. The van der Waals surface area contributed by atoms with E-state index >= 15 is 0 Å². The number of unbranched alkanes of at least 4 members (excludes halogenated alkanes) is 21. The summed E-state index contributed by atoms with van der Waals surface area (Å²) in [6.07, 6.45) is 32.1. The summed E-state index contributed by atoms with van der Waals surface area (Å²) in [5.41, 5.74) is 0. The van der Waals surface area contributed by atoms with Gasteiger partial charge in [-0.1, -0.05) is 149 Å². The average molecular weight is 424 g/mol. The summed E-state index contributed by atoms with van der Waals surface area (Å²) in [4.78, 5) is 11.8. The van der Waals surface area contributed by atoms with E-state index < -0.39 is 0 Å².